The number of aromatic nitrogens is 2. The van der Waals surface area contributed by atoms with Crippen LogP contribution < -0.4 is 15.5 Å². The minimum Gasteiger partial charge on any atom is -0.354 e. The summed E-state index contributed by atoms with van der Waals surface area (Å²) in [6, 6.07) is 18.5. The van der Waals surface area contributed by atoms with E-state index in [2.05, 4.69) is 25.7 Å². The van der Waals surface area contributed by atoms with Crippen LogP contribution in [0.5, 0.6) is 0 Å². The van der Waals surface area contributed by atoms with E-state index in [1.807, 2.05) is 36.4 Å². The lowest BCUT2D eigenvalue weighted by molar-refractivity contribution is -0.120. The number of hydrogen-bond acceptors (Lipinski definition) is 5. The molecule has 1 fully saturated rings. The number of hydrogen-bond donors (Lipinski definition) is 2. The monoisotopic (exact) mass is 449 g/mol. The fourth-order valence-corrected chi connectivity index (χ4v) is 3.88. The average Bonchev–Trinajstić information content (AvgIpc) is 2.81. The Hall–Kier alpha value is -3.45. The minimum atomic E-state index is -0.142. The zero-order valence-corrected chi connectivity index (χ0v) is 18.5. The molecule has 8 heteroatoms. The molecule has 2 N–H and O–H groups in total. The summed E-state index contributed by atoms with van der Waals surface area (Å²) in [5.74, 6) is 0.470. The Bertz CT molecular complexity index is 1080. The highest BCUT2D eigenvalue weighted by atomic mass is 35.5. The van der Waals surface area contributed by atoms with Crippen LogP contribution in [0.25, 0.3) is 11.3 Å². The van der Waals surface area contributed by atoms with Crippen LogP contribution in [-0.4, -0.2) is 35.1 Å². The maximum atomic E-state index is 12.8. The van der Waals surface area contributed by atoms with Crippen molar-refractivity contribution in [1.82, 2.24) is 10.2 Å². The lowest BCUT2D eigenvalue weighted by Crippen LogP contribution is -2.41. The van der Waals surface area contributed by atoms with Crippen molar-refractivity contribution in [3.8, 4) is 11.3 Å². The maximum Gasteiger partial charge on any atom is 0.229 e. The predicted octanol–water partition coefficient (Wildman–Crippen LogP) is 4.61. The van der Waals surface area contributed by atoms with E-state index in [0.717, 1.165) is 36.5 Å². The predicted molar refractivity (Wildman–Crippen MR) is 127 cm³/mol. The Morgan fingerprint density at radius 2 is 1.62 bits per heavy atom. The molecule has 2 amide bonds. The number of nitrogens with one attached hydrogen (secondary N) is 2. The van der Waals surface area contributed by atoms with Crippen molar-refractivity contribution in [2.45, 2.75) is 19.8 Å². The van der Waals surface area contributed by atoms with Gasteiger partial charge in [-0.25, -0.2) is 0 Å². The topological polar surface area (TPSA) is 87.2 Å². The summed E-state index contributed by atoms with van der Waals surface area (Å²) < 4.78 is 0. The lowest BCUT2D eigenvalue weighted by atomic mass is 9.97. The largest absolute Gasteiger partial charge is 0.354 e. The first-order chi connectivity index (χ1) is 15.5. The summed E-state index contributed by atoms with van der Waals surface area (Å²) in [5, 5.41) is 15.1. The molecule has 0 bridgehead atoms. The van der Waals surface area contributed by atoms with Crippen molar-refractivity contribution in [1.29, 1.82) is 0 Å². The van der Waals surface area contributed by atoms with Crippen LogP contribution in [0, 0.1) is 5.92 Å². The van der Waals surface area contributed by atoms with Crippen LogP contribution in [0.4, 0.5) is 17.2 Å². The van der Waals surface area contributed by atoms with Crippen LogP contribution in [-0.2, 0) is 9.59 Å². The third-order valence-corrected chi connectivity index (χ3v) is 5.63. The molecule has 2 aromatic carbocycles. The highest BCUT2D eigenvalue weighted by Crippen LogP contribution is 2.25. The summed E-state index contributed by atoms with van der Waals surface area (Å²) in [6.45, 7) is 2.88. The first kappa shape index (κ1) is 21.8. The van der Waals surface area contributed by atoms with Crippen LogP contribution in [0.15, 0.2) is 60.7 Å². The van der Waals surface area contributed by atoms with E-state index in [1.54, 1.807) is 24.3 Å². The molecule has 7 nitrogen and oxygen atoms in total. The van der Waals surface area contributed by atoms with Crippen molar-refractivity contribution >= 4 is 40.6 Å². The minimum absolute atomic E-state index is 0.0206. The van der Waals surface area contributed by atoms with Crippen molar-refractivity contribution in [3.63, 3.8) is 0 Å². The van der Waals surface area contributed by atoms with Crippen molar-refractivity contribution in [2.75, 3.05) is 28.6 Å². The van der Waals surface area contributed by atoms with Gasteiger partial charge in [-0.3, -0.25) is 9.59 Å². The second kappa shape index (κ2) is 9.78. The fraction of sp³-hybridized carbons (Fsp3) is 0.250. The van der Waals surface area contributed by atoms with Crippen molar-refractivity contribution < 1.29 is 9.59 Å². The van der Waals surface area contributed by atoms with Gasteiger partial charge in [-0.15, -0.1) is 10.2 Å². The van der Waals surface area contributed by atoms with Crippen LogP contribution in [0.3, 0.4) is 0 Å². The average molecular weight is 450 g/mol. The van der Waals surface area contributed by atoms with E-state index in [-0.39, 0.29) is 17.7 Å². The van der Waals surface area contributed by atoms with Gasteiger partial charge < -0.3 is 15.5 Å². The Balaban J connectivity index is 1.37. The van der Waals surface area contributed by atoms with Gasteiger partial charge in [-0.05, 0) is 61.4 Å². The Kier molecular flexibility index (Phi) is 6.66. The van der Waals surface area contributed by atoms with Crippen molar-refractivity contribution in [2.24, 2.45) is 5.92 Å². The normalized spacial score (nSPS) is 15.8. The first-order valence-corrected chi connectivity index (χ1v) is 10.9. The molecule has 4 rings (SSSR count). The third-order valence-electron chi connectivity index (χ3n) is 5.38. The van der Waals surface area contributed by atoms with Crippen LogP contribution in [0.1, 0.15) is 19.8 Å². The summed E-state index contributed by atoms with van der Waals surface area (Å²) in [5.41, 5.74) is 3.13. The molecule has 1 saturated heterocycles. The summed E-state index contributed by atoms with van der Waals surface area (Å²) in [7, 11) is 0. The van der Waals surface area contributed by atoms with Gasteiger partial charge in [-0.2, -0.15) is 0 Å². The zero-order valence-electron chi connectivity index (χ0n) is 17.7. The highest BCUT2D eigenvalue weighted by Gasteiger charge is 2.27. The SMILES string of the molecule is CC(=O)Nc1ccc(NC(=O)C2CCCN(c3ccc(-c4ccc(Cl)cc4)nn3)C2)cc1. The summed E-state index contributed by atoms with van der Waals surface area (Å²) >= 11 is 5.95. The quantitative estimate of drug-likeness (QED) is 0.593. The molecule has 0 radical (unpaired) electrons. The molecular weight excluding hydrogens is 426 g/mol. The molecule has 32 heavy (non-hydrogen) atoms. The number of halogens is 1. The highest BCUT2D eigenvalue weighted by molar-refractivity contribution is 6.30. The van der Waals surface area contributed by atoms with Gasteiger partial charge >= 0.3 is 0 Å². The van der Waals surface area contributed by atoms with Gasteiger partial charge in [0.15, 0.2) is 5.82 Å². The molecule has 0 saturated carbocycles. The molecule has 1 aliphatic heterocycles. The van der Waals surface area contributed by atoms with Gasteiger partial charge in [0.1, 0.15) is 0 Å². The molecule has 164 valence electrons. The molecule has 0 aliphatic carbocycles. The van der Waals surface area contributed by atoms with Gasteiger partial charge in [0, 0.05) is 42.0 Å². The molecular formula is C24H24ClN5O2. The van der Waals surface area contributed by atoms with Crippen LogP contribution in [0.2, 0.25) is 5.02 Å². The zero-order chi connectivity index (χ0) is 22.5. The van der Waals surface area contributed by atoms with Gasteiger partial charge in [0.2, 0.25) is 11.8 Å². The van der Waals surface area contributed by atoms with Gasteiger partial charge in [-0.1, -0.05) is 23.7 Å². The van der Waals surface area contributed by atoms with E-state index in [0.29, 0.717) is 22.9 Å². The molecule has 1 atom stereocenters. The smallest absolute Gasteiger partial charge is 0.229 e. The molecule has 1 aliphatic rings. The second-order valence-electron chi connectivity index (χ2n) is 7.82. The first-order valence-electron chi connectivity index (χ1n) is 10.5. The maximum absolute atomic E-state index is 12.8. The molecule has 0 spiro atoms. The molecule has 1 unspecified atom stereocenters. The second-order valence-corrected chi connectivity index (χ2v) is 8.25. The number of anilines is 3. The number of benzene rings is 2. The third kappa shape index (κ3) is 5.42. The number of carbonyl (C=O) groups is 2. The number of nitrogens with zero attached hydrogens (tertiary/aromatic N) is 3. The number of carbonyl (C=O) groups excluding carboxylic acids is 2. The molecule has 1 aromatic heterocycles. The Morgan fingerprint density at radius 1 is 0.938 bits per heavy atom. The van der Waals surface area contributed by atoms with E-state index >= 15 is 0 Å². The van der Waals surface area contributed by atoms with E-state index in [4.69, 9.17) is 11.6 Å². The van der Waals surface area contributed by atoms with E-state index in [1.165, 1.54) is 6.92 Å². The van der Waals surface area contributed by atoms with Gasteiger partial charge in [0.25, 0.3) is 0 Å². The van der Waals surface area contributed by atoms with Gasteiger partial charge in [0.05, 0.1) is 11.6 Å². The standard InChI is InChI=1S/C24H24ClN5O2/c1-16(31)26-20-8-10-21(11-9-20)27-24(32)18-3-2-14-30(15-18)23-13-12-22(28-29-23)17-4-6-19(25)7-5-17/h4-13,18H,2-3,14-15H2,1H3,(H,26,31)(H,27,32). The van der Waals surface area contributed by atoms with E-state index < -0.39 is 0 Å². The molecule has 2 heterocycles. The summed E-state index contributed by atoms with van der Waals surface area (Å²) in [4.78, 5) is 26.1. The lowest BCUT2D eigenvalue weighted by Gasteiger charge is -2.32. The Labute approximate surface area is 191 Å². The number of piperidine rings is 1. The molecule has 3 aromatic rings. The Morgan fingerprint density at radius 3 is 2.25 bits per heavy atom. The van der Waals surface area contributed by atoms with Crippen molar-refractivity contribution in [3.05, 3.63) is 65.7 Å². The fourth-order valence-electron chi connectivity index (χ4n) is 3.75. The number of rotatable bonds is 5. The number of amides is 2. The van der Waals surface area contributed by atoms with E-state index in [9.17, 15) is 9.59 Å². The van der Waals surface area contributed by atoms with Crippen LogP contribution >= 0.6 is 11.6 Å². The summed E-state index contributed by atoms with van der Waals surface area (Å²) in [6.07, 6.45) is 1.72.